The van der Waals surface area contributed by atoms with E-state index >= 15 is 0 Å². The van der Waals surface area contributed by atoms with Crippen molar-refractivity contribution in [2.75, 3.05) is 7.11 Å². The van der Waals surface area contributed by atoms with E-state index in [-0.39, 0.29) is 6.42 Å². The van der Waals surface area contributed by atoms with Crippen LogP contribution in [0.3, 0.4) is 0 Å². The number of carbonyl (C=O) groups excluding carboxylic acids is 2. The number of hydrogen-bond donors (Lipinski definition) is 2. The van der Waals surface area contributed by atoms with Gasteiger partial charge in [0.15, 0.2) is 29.6 Å². The Balaban J connectivity index is 1.98. The van der Waals surface area contributed by atoms with Gasteiger partial charge in [-0.3, -0.25) is 9.59 Å². The predicted octanol–water partition coefficient (Wildman–Crippen LogP) is 2.28. The molecule has 3 rings (SSSR count). The number of aryl methyl sites for hydroxylation is 2. The van der Waals surface area contributed by atoms with Crippen LogP contribution in [0.5, 0.6) is 0 Å². The second-order valence-electron chi connectivity index (χ2n) is 7.12. The first-order valence-corrected chi connectivity index (χ1v) is 9.08. The van der Waals surface area contributed by atoms with Gasteiger partial charge in [0.25, 0.3) is 0 Å². The van der Waals surface area contributed by atoms with Crippen molar-refractivity contribution < 1.29 is 29.3 Å². The van der Waals surface area contributed by atoms with E-state index in [4.69, 9.17) is 9.47 Å². The van der Waals surface area contributed by atoms with E-state index in [1.54, 1.807) is 62.4 Å². The normalized spacial score (nSPS) is 25.5. The molecule has 0 aromatic heterocycles. The highest BCUT2D eigenvalue weighted by atomic mass is 16.7. The van der Waals surface area contributed by atoms with Crippen molar-refractivity contribution in [3.8, 4) is 0 Å². The Morgan fingerprint density at radius 2 is 1.71 bits per heavy atom. The minimum atomic E-state index is -2.13. The molecule has 0 saturated carbocycles. The highest BCUT2D eigenvalue weighted by Gasteiger charge is 2.57. The molecule has 1 aliphatic rings. The van der Waals surface area contributed by atoms with Crippen molar-refractivity contribution in [2.45, 2.75) is 44.4 Å². The first kappa shape index (κ1) is 20.4. The molecule has 0 bridgehead atoms. The van der Waals surface area contributed by atoms with Crippen LogP contribution < -0.4 is 0 Å². The number of aliphatic hydroxyl groups is 2. The molecular weight excluding hydrogens is 360 g/mol. The van der Waals surface area contributed by atoms with E-state index in [1.807, 2.05) is 0 Å². The SMILES string of the molecule is CO[C@H]1C[C@](O)(C(=O)c2ccccc2C)[C@H](C(=O)C(O)c2ccccc2C)O1. The lowest BCUT2D eigenvalue weighted by molar-refractivity contribution is -0.159. The van der Waals surface area contributed by atoms with Gasteiger partial charge in [0.1, 0.15) is 6.10 Å². The van der Waals surface area contributed by atoms with Gasteiger partial charge in [-0.15, -0.1) is 0 Å². The average molecular weight is 384 g/mol. The summed E-state index contributed by atoms with van der Waals surface area (Å²) in [7, 11) is 1.37. The van der Waals surface area contributed by atoms with Gasteiger partial charge in [-0.2, -0.15) is 0 Å². The molecule has 0 radical (unpaired) electrons. The van der Waals surface area contributed by atoms with E-state index in [0.717, 1.165) is 5.56 Å². The topological polar surface area (TPSA) is 93.1 Å². The van der Waals surface area contributed by atoms with Crippen LogP contribution in [0.15, 0.2) is 48.5 Å². The Morgan fingerprint density at radius 3 is 2.32 bits per heavy atom. The van der Waals surface area contributed by atoms with E-state index in [0.29, 0.717) is 16.7 Å². The number of hydrogen-bond acceptors (Lipinski definition) is 6. The van der Waals surface area contributed by atoms with Gasteiger partial charge in [0, 0.05) is 19.1 Å². The third-order valence-electron chi connectivity index (χ3n) is 5.26. The Bertz CT molecular complexity index is 892. The molecule has 2 N–H and O–H groups in total. The molecule has 1 unspecified atom stereocenters. The number of ketones is 2. The molecule has 1 saturated heterocycles. The molecule has 0 spiro atoms. The largest absolute Gasteiger partial charge is 0.380 e. The van der Waals surface area contributed by atoms with E-state index < -0.39 is 35.7 Å². The molecule has 1 heterocycles. The van der Waals surface area contributed by atoms with Crippen LogP contribution in [0.25, 0.3) is 0 Å². The zero-order valence-corrected chi connectivity index (χ0v) is 16.1. The fraction of sp³-hybridized carbons (Fsp3) is 0.364. The molecule has 6 nitrogen and oxygen atoms in total. The Kier molecular flexibility index (Phi) is 5.76. The molecule has 2 aromatic rings. The van der Waals surface area contributed by atoms with Crippen molar-refractivity contribution in [1.82, 2.24) is 0 Å². The molecule has 0 aliphatic carbocycles. The van der Waals surface area contributed by atoms with Crippen LogP contribution in [-0.4, -0.2) is 46.9 Å². The van der Waals surface area contributed by atoms with Crippen LogP contribution in [0, 0.1) is 13.8 Å². The fourth-order valence-electron chi connectivity index (χ4n) is 3.58. The summed E-state index contributed by atoms with van der Waals surface area (Å²) < 4.78 is 10.7. The zero-order valence-electron chi connectivity index (χ0n) is 16.1. The van der Waals surface area contributed by atoms with Gasteiger partial charge < -0.3 is 19.7 Å². The monoisotopic (exact) mass is 384 g/mol. The maximum atomic E-state index is 13.2. The van der Waals surface area contributed by atoms with Crippen LogP contribution in [-0.2, 0) is 14.3 Å². The quantitative estimate of drug-likeness (QED) is 0.743. The standard InChI is InChI=1S/C22H24O6/c1-13-8-4-6-10-15(13)18(23)19(24)21-22(26,12-17(27-3)28-21)20(25)16-11-7-5-9-14(16)2/h4-11,17-18,21,23,26H,12H2,1-3H3/t17-,18?,21+,22+/m1/s1. The van der Waals surface area contributed by atoms with Crippen molar-refractivity contribution in [2.24, 2.45) is 0 Å². The van der Waals surface area contributed by atoms with Gasteiger partial charge in [-0.05, 0) is 30.5 Å². The second-order valence-corrected chi connectivity index (χ2v) is 7.12. The minimum Gasteiger partial charge on any atom is -0.380 e. The van der Waals surface area contributed by atoms with Crippen molar-refractivity contribution >= 4 is 11.6 Å². The van der Waals surface area contributed by atoms with Gasteiger partial charge in [-0.1, -0.05) is 48.5 Å². The maximum Gasteiger partial charge on any atom is 0.198 e. The summed E-state index contributed by atoms with van der Waals surface area (Å²) in [5.74, 6) is -1.40. The summed E-state index contributed by atoms with van der Waals surface area (Å²) in [4.78, 5) is 26.2. The molecule has 4 atom stereocenters. The number of rotatable bonds is 6. The summed E-state index contributed by atoms with van der Waals surface area (Å²) in [6.07, 6.45) is -4.21. The third-order valence-corrected chi connectivity index (χ3v) is 5.26. The lowest BCUT2D eigenvalue weighted by Crippen LogP contribution is -2.51. The van der Waals surface area contributed by atoms with Crippen molar-refractivity contribution in [1.29, 1.82) is 0 Å². The van der Waals surface area contributed by atoms with E-state index in [9.17, 15) is 19.8 Å². The zero-order chi connectivity index (χ0) is 20.5. The number of benzene rings is 2. The van der Waals surface area contributed by atoms with Crippen LogP contribution >= 0.6 is 0 Å². The van der Waals surface area contributed by atoms with Crippen LogP contribution in [0.1, 0.15) is 39.6 Å². The second kappa shape index (κ2) is 7.93. The smallest absolute Gasteiger partial charge is 0.198 e. The molecular formula is C22H24O6. The molecule has 6 heteroatoms. The predicted molar refractivity (Wildman–Crippen MR) is 102 cm³/mol. The minimum absolute atomic E-state index is 0.201. The molecule has 1 fully saturated rings. The highest BCUT2D eigenvalue weighted by Crippen LogP contribution is 2.37. The Hall–Kier alpha value is -2.38. The highest BCUT2D eigenvalue weighted by molar-refractivity contribution is 6.08. The average Bonchev–Trinajstić information content (AvgIpc) is 3.05. The van der Waals surface area contributed by atoms with Crippen molar-refractivity contribution in [3.05, 3.63) is 70.8 Å². The first-order chi connectivity index (χ1) is 13.3. The lowest BCUT2D eigenvalue weighted by atomic mass is 9.81. The van der Waals surface area contributed by atoms with Gasteiger partial charge in [0.05, 0.1) is 0 Å². The Labute approximate surface area is 163 Å². The molecule has 0 amide bonds. The van der Waals surface area contributed by atoms with E-state index in [2.05, 4.69) is 0 Å². The molecule has 148 valence electrons. The van der Waals surface area contributed by atoms with Gasteiger partial charge in [0.2, 0.25) is 0 Å². The maximum absolute atomic E-state index is 13.2. The van der Waals surface area contributed by atoms with Crippen molar-refractivity contribution in [3.63, 3.8) is 0 Å². The summed E-state index contributed by atoms with van der Waals surface area (Å²) >= 11 is 0. The summed E-state index contributed by atoms with van der Waals surface area (Å²) in [6.45, 7) is 3.52. The molecule has 2 aromatic carbocycles. The first-order valence-electron chi connectivity index (χ1n) is 9.08. The van der Waals surface area contributed by atoms with E-state index in [1.165, 1.54) is 7.11 Å². The number of carbonyl (C=O) groups is 2. The third kappa shape index (κ3) is 3.52. The molecule has 1 aliphatic heterocycles. The Morgan fingerprint density at radius 1 is 1.11 bits per heavy atom. The summed E-state index contributed by atoms with van der Waals surface area (Å²) in [6, 6.07) is 13.7. The summed E-state index contributed by atoms with van der Waals surface area (Å²) in [5.41, 5.74) is -0.0323. The lowest BCUT2D eigenvalue weighted by Gasteiger charge is -2.28. The number of ether oxygens (including phenoxy) is 2. The summed E-state index contributed by atoms with van der Waals surface area (Å²) in [5, 5.41) is 21.9. The van der Waals surface area contributed by atoms with Crippen LogP contribution in [0.2, 0.25) is 0 Å². The fourth-order valence-corrected chi connectivity index (χ4v) is 3.58. The number of Topliss-reactive ketones (excluding diaryl/α,β-unsaturated/α-hetero) is 2. The van der Waals surface area contributed by atoms with Gasteiger partial charge >= 0.3 is 0 Å². The number of aliphatic hydroxyl groups excluding tert-OH is 1. The van der Waals surface area contributed by atoms with Crippen LogP contribution in [0.4, 0.5) is 0 Å². The van der Waals surface area contributed by atoms with Gasteiger partial charge in [-0.25, -0.2) is 0 Å². The number of methoxy groups -OCH3 is 1. The molecule has 28 heavy (non-hydrogen) atoms.